The average molecular weight is 387 g/mol. The number of methoxy groups -OCH3 is 1. The molecule has 2 bridgehead atoms. The molecule has 148 valence electrons. The predicted octanol–water partition coefficient (Wildman–Crippen LogP) is 3.27. The van der Waals surface area contributed by atoms with Crippen molar-refractivity contribution < 1.29 is 9.53 Å². The second-order valence-electron chi connectivity index (χ2n) is 8.39. The van der Waals surface area contributed by atoms with Gasteiger partial charge >= 0.3 is 0 Å². The third-order valence-corrected chi connectivity index (χ3v) is 7.02. The molecule has 2 aromatic rings. The van der Waals surface area contributed by atoms with E-state index in [1.807, 2.05) is 18.2 Å². The number of carbonyl (C=O) groups excluding carboxylic acids is 1. The summed E-state index contributed by atoms with van der Waals surface area (Å²) in [5.74, 6) is 1.75. The van der Waals surface area contributed by atoms with E-state index in [1.54, 1.807) is 25.3 Å². The van der Waals surface area contributed by atoms with Gasteiger partial charge in [0.1, 0.15) is 5.75 Å². The van der Waals surface area contributed by atoms with Crippen molar-refractivity contribution in [1.82, 2.24) is 9.80 Å². The maximum absolute atomic E-state index is 13.5. The Labute approximate surface area is 171 Å². The monoisotopic (exact) mass is 387 g/mol. The molecule has 2 aromatic carbocycles. The molecule has 0 N–H and O–H groups in total. The van der Waals surface area contributed by atoms with Gasteiger partial charge in [-0.25, -0.2) is 0 Å². The first-order valence-electron chi connectivity index (χ1n) is 10.4. The molecule has 0 spiro atoms. The number of nitriles is 1. The van der Waals surface area contributed by atoms with Gasteiger partial charge < -0.3 is 9.64 Å². The second kappa shape index (κ2) is 7.20. The zero-order valence-corrected chi connectivity index (χ0v) is 16.6. The molecule has 0 aromatic heterocycles. The van der Waals surface area contributed by atoms with Gasteiger partial charge in [0.05, 0.1) is 24.8 Å². The number of carbonyl (C=O) groups is 1. The molecule has 4 aliphatic heterocycles. The first-order valence-corrected chi connectivity index (χ1v) is 10.4. The second-order valence-corrected chi connectivity index (χ2v) is 8.39. The minimum atomic E-state index is 0.0521. The smallest absolute Gasteiger partial charge is 0.254 e. The molecular weight excluding hydrogens is 362 g/mol. The van der Waals surface area contributed by atoms with E-state index < -0.39 is 0 Å². The number of fused-ring (bicyclic) bond motifs is 2. The van der Waals surface area contributed by atoms with Gasteiger partial charge in [0.25, 0.3) is 5.91 Å². The Morgan fingerprint density at radius 3 is 2.66 bits per heavy atom. The van der Waals surface area contributed by atoms with Crippen LogP contribution in [0.25, 0.3) is 0 Å². The van der Waals surface area contributed by atoms with Crippen LogP contribution in [0.4, 0.5) is 0 Å². The number of benzene rings is 2. The number of hydrogen-bond donors (Lipinski definition) is 0. The van der Waals surface area contributed by atoms with Crippen molar-refractivity contribution in [3.05, 3.63) is 65.2 Å². The van der Waals surface area contributed by atoms with Crippen LogP contribution in [0.2, 0.25) is 0 Å². The summed E-state index contributed by atoms with van der Waals surface area (Å²) in [5.41, 5.74) is 2.39. The number of ether oxygens (including phenoxy) is 1. The fourth-order valence-electron chi connectivity index (χ4n) is 5.71. The molecule has 0 radical (unpaired) electrons. The van der Waals surface area contributed by atoms with Crippen LogP contribution in [0.15, 0.2) is 48.5 Å². The molecule has 3 atom stereocenters. The highest BCUT2D eigenvalue weighted by Crippen LogP contribution is 2.47. The molecule has 1 amide bonds. The van der Waals surface area contributed by atoms with Crippen molar-refractivity contribution in [3.8, 4) is 11.8 Å². The Morgan fingerprint density at radius 2 is 1.90 bits per heavy atom. The number of piperidine rings is 3. The van der Waals surface area contributed by atoms with Crippen LogP contribution in [0.1, 0.15) is 40.2 Å². The molecule has 4 saturated heterocycles. The Bertz CT molecular complexity index is 974. The highest BCUT2D eigenvalue weighted by molar-refractivity contribution is 5.95. The number of hydrogen-bond acceptors (Lipinski definition) is 4. The number of nitrogens with zero attached hydrogens (tertiary/aromatic N) is 3. The summed E-state index contributed by atoms with van der Waals surface area (Å²) in [6.07, 6.45) is 2.32. The minimum Gasteiger partial charge on any atom is -0.497 e. The lowest BCUT2D eigenvalue weighted by Crippen LogP contribution is -2.60. The van der Waals surface area contributed by atoms with Gasteiger partial charge in [0.15, 0.2) is 0 Å². The van der Waals surface area contributed by atoms with E-state index in [4.69, 9.17) is 4.74 Å². The van der Waals surface area contributed by atoms with Crippen LogP contribution in [-0.4, -0.2) is 54.5 Å². The van der Waals surface area contributed by atoms with E-state index in [-0.39, 0.29) is 17.9 Å². The van der Waals surface area contributed by atoms with Crippen molar-refractivity contribution >= 4 is 5.91 Å². The lowest BCUT2D eigenvalue weighted by molar-refractivity contribution is -0.00341. The van der Waals surface area contributed by atoms with Crippen molar-refractivity contribution in [3.63, 3.8) is 0 Å². The Balaban J connectivity index is 1.52. The molecule has 4 fully saturated rings. The van der Waals surface area contributed by atoms with Gasteiger partial charge in [-0.05, 0) is 67.7 Å². The fourth-order valence-corrected chi connectivity index (χ4v) is 5.71. The molecule has 4 aliphatic rings. The van der Waals surface area contributed by atoms with E-state index in [0.29, 0.717) is 29.6 Å². The van der Waals surface area contributed by atoms with Crippen LogP contribution in [0.5, 0.6) is 5.75 Å². The van der Waals surface area contributed by atoms with E-state index >= 15 is 0 Å². The van der Waals surface area contributed by atoms with Crippen LogP contribution in [0.3, 0.4) is 0 Å². The molecule has 5 heteroatoms. The van der Waals surface area contributed by atoms with Crippen LogP contribution >= 0.6 is 0 Å². The largest absolute Gasteiger partial charge is 0.497 e. The van der Waals surface area contributed by atoms with Gasteiger partial charge in [0, 0.05) is 24.1 Å². The Kier molecular flexibility index (Phi) is 4.52. The lowest BCUT2D eigenvalue weighted by atomic mass is 9.75. The van der Waals surface area contributed by atoms with Crippen molar-refractivity contribution in [2.75, 3.05) is 26.7 Å². The Hall–Kier alpha value is -2.84. The first kappa shape index (κ1) is 18.2. The zero-order chi connectivity index (χ0) is 20.0. The molecule has 29 heavy (non-hydrogen) atoms. The van der Waals surface area contributed by atoms with E-state index in [0.717, 1.165) is 31.7 Å². The summed E-state index contributed by atoms with van der Waals surface area (Å²) in [6.45, 7) is 2.96. The SMILES string of the molecule is COc1cccc([C@H]2CN(C(=O)c3cccc(C#N)c3)[C@@H]3C4CCN(CC4)[C@H]23)c1. The summed E-state index contributed by atoms with van der Waals surface area (Å²) in [6, 6.07) is 18.2. The van der Waals surface area contributed by atoms with Gasteiger partial charge in [-0.2, -0.15) is 5.26 Å². The molecule has 6 rings (SSSR count). The molecule has 0 aliphatic carbocycles. The van der Waals surface area contributed by atoms with Crippen molar-refractivity contribution in [2.24, 2.45) is 5.92 Å². The standard InChI is InChI=1S/C24H25N3O2/c1-29-20-7-3-5-18(13-20)21-15-27(22-17-8-10-26(11-9-17)23(21)22)24(28)19-6-2-4-16(12-19)14-25/h2-7,12-13,17,21-23H,8-11,15H2,1H3/t21-,22-,23-/m1/s1. The molecule has 0 unspecified atom stereocenters. The third-order valence-electron chi connectivity index (χ3n) is 7.02. The summed E-state index contributed by atoms with van der Waals surface area (Å²) in [7, 11) is 1.70. The van der Waals surface area contributed by atoms with E-state index in [9.17, 15) is 10.1 Å². The Morgan fingerprint density at radius 1 is 1.10 bits per heavy atom. The van der Waals surface area contributed by atoms with Crippen molar-refractivity contribution in [1.29, 1.82) is 5.26 Å². The van der Waals surface area contributed by atoms with Crippen LogP contribution in [-0.2, 0) is 0 Å². The average Bonchev–Trinajstić information content (AvgIpc) is 3.22. The highest BCUT2D eigenvalue weighted by Gasteiger charge is 2.54. The van der Waals surface area contributed by atoms with E-state index in [1.165, 1.54) is 5.56 Å². The summed E-state index contributed by atoms with van der Waals surface area (Å²) >= 11 is 0. The van der Waals surface area contributed by atoms with E-state index in [2.05, 4.69) is 28.0 Å². The number of rotatable bonds is 3. The highest BCUT2D eigenvalue weighted by atomic mass is 16.5. The summed E-state index contributed by atoms with van der Waals surface area (Å²) in [4.78, 5) is 18.2. The van der Waals surface area contributed by atoms with Gasteiger partial charge in [-0.15, -0.1) is 0 Å². The number of amides is 1. The fraction of sp³-hybridized carbons (Fsp3) is 0.417. The minimum absolute atomic E-state index is 0.0521. The zero-order valence-electron chi connectivity index (χ0n) is 16.6. The van der Waals surface area contributed by atoms with Gasteiger partial charge in [-0.3, -0.25) is 9.69 Å². The van der Waals surface area contributed by atoms with Crippen LogP contribution in [0, 0.1) is 17.2 Å². The first-order chi connectivity index (χ1) is 14.2. The summed E-state index contributed by atoms with van der Waals surface area (Å²) in [5, 5.41) is 9.23. The van der Waals surface area contributed by atoms with Gasteiger partial charge in [0.2, 0.25) is 0 Å². The maximum Gasteiger partial charge on any atom is 0.254 e. The number of likely N-dealkylation sites (tertiary alicyclic amines) is 1. The van der Waals surface area contributed by atoms with Gasteiger partial charge in [-0.1, -0.05) is 18.2 Å². The van der Waals surface area contributed by atoms with Crippen LogP contribution < -0.4 is 4.74 Å². The third kappa shape index (κ3) is 2.99. The quantitative estimate of drug-likeness (QED) is 0.811. The molecular formula is C24H25N3O2. The molecule has 5 nitrogen and oxygen atoms in total. The maximum atomic E-state index is 13.5. The topological polar surface area (TPSA) is 56.6 Å². The normalized spacial score (nSPS) is 29.9. The van der Waals surface area contributed by atoms with Crippen molar-refractivity contribution in [2.45, 2.75) is 30.8 Å². The lowest BCUT2D eigenvalue weighted by Gasteiger charge is -2.51. The predicted molar refractivity (Wildman–Crippen MR) is 110 cm³/mol. The molecule has 4 heterocycles. The molecule has 0 saturated carbocycles. The summed E-state index contributed by atoms with van der Waals surface area (Å²) < 4.78 is 5.46.